The van der Waals surface area contributed by atoms with Crippen LogP contribution in [-0.2, 0) is 4.79 Å². The number of amides is 1. The van der Waals surface area contributed by atoms with Crippen LogP contribution in [0.5, 0.6) is 5.75 Å². The minimum Gasteiger partial charge on any atom is -0.406 e. The summed E-state index contributed by atoms with van der Waals surface area (Å²) in [5.74, 6) is -0.366. The number of likely N-dealkylation sites (tertiary alicyclic amines) is 1. The zero-order valence-corrected chi connectivity index (χ0v) is 13.1. The normalized spacial score (nSPS) is 22.0. The lowest BCUT2D eigenvalue weighted by atomic mass is 9.91. The number of rotatable bonds is 2. The van der Waals surface area contributed by atoms with E-state index in [1.807, 2.05) is 27.7 Å². The maximum Gasteiger partial charge on any atom is 0.573 e. The van der Waals surface area contributed by atoms with Gasteiger partial charge in [0.2, 0.25) is 5.91 Å². The molecule has 0 bridgehead atoms. The highest BCUT2D eigenvalue weighted by atomic mass is 19.4. The maximum absolute atomic E-state index is 12.3. The van der Waals surface area contributed by atoms with E-state index in [2.05, 4.69) is 4.74 Å². The first-order valence-corrected chi connectivity index (χ1v) is 7.17. The minimum atomic E-state index is -4.72. The highest BCUT2D eigenvalue weighted by Gasteiger charge is 2.43. The summed E-state index contributed by atoms with van der Waals surface area (Å²) in [6, 6.07) is 5.82. The SMILES string of the molecule is C.C[C@H]1[C@@H](c2cccc(OC(F)(F)F)c2)CC(=O)N1C(C)(C)C. The molecule has 2 rings (SSSR count). The van der Waals surface area contributed by atoms with Gasteiger partial charge in [-0.2, -0.15) is 0 Å². The molecule has 1 aliphatic rings. The maximum atomic E-state index is 12.3. The Kier molecular flexibility index (Phi) is 5.39. The van der Waals surface area contributed by atoms with E-state index in [-0.39, 0.29) is 36.6 Å². The van der Waals surface area contributed by atoms with Gasteiger partial charge in [0, 0.05) is 23.9 Å². The molecular formula is C17H24F3NO2. The van der Waals surface area contributed by atoms with Crippen molar-refractivity contribution >= 4 is 5.91 Å². The van der Waals surface area contributed by atoms with Gasteiger partial charge in [0.05, 0.1) is 0 Å². The molecule has 1 fully saturated rings. The third kappa shape index (κ3) is 4.39. The van der Waals surface area contributed by atoms with E-state index in [0.717, 1.165) is 0 Å². The number of nitrogens with zero attached hydrogens (tertiary/aromatic N) is 1. The van der Waals surface area contributed by atoms with Gasteiger partial charge in [-0.1, -0.05) is 19.6 Å². The summed E-state index contributed by atoms with van der Waals surface area (Å²) in [5, 5.41) is 0. The summed E-state index contributed by atoms with van der Waals surface area (Å²) in [6.45, 7) is 7.78. The second-order valence-electron chi connectivity index (χ2n) is 6.61. The zero-order chi connectivity index (χ0) is 16.7. The summed E-state index contributed by atoms with van der Waals surface area (Å²) in [4.78, 5) is 14.0. The highest BCUT2D eigenvalue weighted by Crippen LogP contribution is 2.39. The summed E-state index contributed by atoms with van der Waals surface area (Å²) in [7, 11) is 0. The van der Waals surface area contributed by atoms with E-state index in [1.54, 1.807) is 11.0 Å². The molecule has 0 aliphatic carbocycles. The Morgan fingerprint density at radius 1 is 1.22 bits per heavy atom. The largest absolute Gasteiger partial charge is 0.573 e. The van der Waals surface area contributed by atoms with Crippen molar-refractivity contribution in [2.75, 3.05) is 0 Å². The van der Waals surface area contributed by atoms with E-state index < -0.39 is 6.36 Å². The van der Waals surface area contributed by atoms with E-state index in [9.17, 15) is 18.0 Å². The number of hydrogen-bond acceptors (Lipinski definition) is 2. The molecule has 1 saturated heterocycles. The van der Waals surface area contributed by atoms with Gasteiger partial charge in [-0.05, 0) is 45.4 Å². The Morgan fingerprint density at radius 3 is 2.30 bits per heavy atom. The molecule has 0 N–H and O–H groups in total. The Balaban J connectivity index is 0.00000264. The quantitative estimate of drug-likeness (QED) is 0.784. The number of halogens is 3. The summed E-state index contributed by atoms with van der Waals surface area (Å²) in [5.41, 5.74) is 0.375. The number of carbonyl (C=O) groups is 1. The molecule has 130 valence electrons. The molecule has 6 heteroatoms. The molecule has 1 aromatic rings. The molecule has 0 radical (unpaired) electrons. The van der Waals surface area contributed by atoms with Crippen molar-refractivity contribution in [2.45, 2.75) is 65.4 Å². The third-order valence-electron chi connectivity index (χ3n) is 3.90. The molecule has 1 aliphatic heterocycles. The monoisotopic (exact) mass is 331 g/mol. The molecule has 0 spiro atoms. The van der Waals surface area contributed by atoms with Gasteiger partial charge in [-0.15, -0.1) is 13.2 Å². The zero-order valence-electron chi connectivity index (χ0n) is 13.1. The number of ether oxygens (including phenoxy) is 1. The van der Waals surface area contributed by atoms with Crippen molar-refractivity contribution in [3.05, 3.63) is 29.8 Å². The number of hydrogen-bond donors (Lipinski definition) is 0. The van der Waals surface area contributed by atoms with Gasteiger partial charge < -0.3 is 9.64 Å². The minimum absolute atomic E-state index is 0. The number of alkyl halides is 3. The molecular weight excluding hydrogens is 307 g/mol. The first kappa shape index (κ1) is 19.3. The molecule has 1 amide bonds. The van der Waals surface area contributed by atoms with Gasteiger partial charge >= 0.3 is 6.36 Å². The summed E-state index contributed by atoms with van der Waals surface area (Å²) in [6.07, 6.45) is -4.42. The van der Waals surface area contributed by atoms with Crippen molar-refractivity contribution in [1.82, 2.24) is 4.90 Å². The second kappa shape index (κ2) is 6.42. The molecule has 0 unspecified atom stereocenters. The van der Waals surface area contributed by atoms with Gasteiger partial charge in [0.1, 0.15) is 5.75 Å². The Bertz CT molecular complexity index is 564. The van der Waals surface area contributed by atoms with Crippen molar-refractivity contribution in [1.29, 1.82) is 0 Å². The lowest BCUT2D eigenvalue weighted by Gasteiger charge is -2.37. The predicted molar refractivity (Wildman–Crippen MR) is 83.3 cm³/mol. The van der Waals surface area contributed by atoms with Gasteiger partial charge in [0.15, 0.2) is 0 Å². The average Bonchev–Trinajstić information content (AvgIpc) is 2.62. The fourth-order valence-corrected chi connectivity index (χ4v) is 3.19. The van der Waals surface area contributed by atoms with Crippen LogP contribution in [0.1, 0.15) is 53.0 Å². The Morgan fingerprint density at radius 2 is 1.83 bits per heavy atom. The van der Waals surface area contributed by atoms with Crippen LogP contribution in [0.3, 0.4) is 0 Å². The van der Waals surface area contributed by atoms with Crippen LogP contribution in [0.4, 0.5) is 13.2 Å². The van der Waals surface area contributed by atoms with Gasteiger partial charge in [-0.3, -0.25) is 4.79 Å². The summed E-state index contributed by atoms with van der Waals surface area (Å²) < 4.78 is 40.9. The average molecular weight is 331 g/mol. The van der Waals surface area contributed by atoms with Crippen LogP contribution < -0.4 is 4.74 Å². The predicted octanol–water partition coefficient (Wildman–Crippen LogP) is 4.72. The topological polar surface area (TPSA) is 29.5 Å². The van der Waals surface area contributed by atoms with Crippen molar-refractivity contribution in [2.24, 2.45) is 0 Å². The molecule has 3 nitrogen and oxygen atoms in total. The standard InChI is InChI=1S/C16H20F3NO2.CH4/c1-10-13(9-14(21)20(10)15(2,3)4)11-6-5-7-12(8-11)22-16(17,18)19;/h5-8,10,13H,9H2,1-4H3;1H4/t10-,13-;/m0./s1. The fourth-order valence-electron chi connectivity index (χ4n) is 3.19. The Hall–Kier alpha value is -1.72. The third-order valence-corrected chi connectivity index (χ3v) is 3.90. The smallest absolute Gasteiger partial charge is 0.406 e. The second-order valence-corrected chi connectivity index (χ2v) is 6.61. The van der Waals surface area contributed by atoms with Gasteiger partial charge in [-0.25, -0.2) is 0 Å². The van der Waals surface area contributed by atoms with Crippen LogP contribution in [-0.4, -0.2) is 28.8 Å². The van der Waals surface area contributed by atoms with E-state index in [4.69, 9.17) is 0 Å². The summed E-state index contributed by atoms with van der Waals surface area (Å²) >= 11 is 0. The van der Waals surface area contributed by atoms with Crippen molar-refractivity contribution in [3.8, 4) is 5.75 Å². The first-order valence-electron chi connectivity index (χ1n) is 7.17. The van der Waals surface area contributed by atoms with E-state index in [0.29, 0.717) is 12.0 Å². The van der Waals surface area contributed by atoms with Crippen LogP contribution in [0.15, 0.2) is 24.3 Å². The lowest BCUT2D eigenvalue weighted by molar-refractivity contribution is -0.274. The molecule has 1 heterocycles. The van der Waals surface area contributed by atoms with Crippen molar-refractivity contribution < 1.29 is 22.7 Å². The number of benzene rings is 1. The Labute approximate surface area is 135 Å². The van der Waals surface area contributed by atoms with Crippen molar-refractivity contribution in [3.63, 3.8) is 0 Å². The van der Waals surface area contributed by atoms with Gasteiger partial charge in [0.25, 0.3) is 0 Å². The van der Waals surface area contributed by atoms with E-state index in [1.165, 1.54) is 18.2 Å². The molecule has 0 saturated carbocycles. The lowest BCUT2D eigenvalue weighted by Crippen LogP contribution is -2.46. The van der Waals surface area contributed by atoms with E-state index >= 15 is 0 Å². The fraction of sp³-hybridized carbons (Fsp3) is 0.588. The highest BCUT2D eigenvalue weighted by molar-refractivity contribution is 5.81. The van der Waals surface area contributed by atoms with Crippen LogP contribution in [0.2, 0.25) is 0 Å². The van der Waals surface area contributed by atoms with Crippen LogP contribution in [0, 0.1) is 0 Å². The molecule has 0 aromatic heterocycles. The molecule has 2 atom stereocenters. The van der Waals surface area contributed by atoms with Crippen LogP contribution >= 0.6 is 0 Å². The van der Waals surface area contributed by atoms with Crippen LogP contribution in [0.25, 0.3) is 0 Å². The molecule has 1 aromatic carbocycles. The first-order chi connectivity index (χ1) is 9.99. The number of carbonyl (C=O) groups excluding carboxylic acids is 1. The molecule has 23 heavy (non-hydrogen) atoms.